The van der Waals surface area contributed by atoms with E-state index in [9.17, 15) is 9.59 Å². The molecule has 2 aliphatic heterocycles. The SMILES string of the molecule is CC1CCN(C2CCN(C(=O)Cc3csc(NC(=O)OC(C)(C)C)n3)CC2)CC1. The lowest BCUT2D eigenvalue weighted by Crippen LogP contribution is -2.49. The number of ether oxygens (including phenoxy) is 1. The van der Waals surface area contributed by atoms with Gasteiger partial charge in [0.15, 0.2) is 5.13 Å². The number of thiazole rings is 1. The lowest BCUT2D eigenvalue weighted by Gasteiger charge is -2.41. The minimum atomic E-state index is -0.557. The van der Waals surface area contributed by atoms with Crippen molar-refractivity contribution < 1.29 is 14.3 Å². The van der Waals surface area contributed by atoms with Crippen molar-refractivity contribution in [3.63, 3.8) is 0 Å². The number of piperidine rings is 2. The number of nitrogens with zero attached hydrogens (tertiary/aromatic N) is 3. The Kier molecular flexibility index (Phi) is 7.16. The molecule has 0 unspecified atom stereocenters. The predicted molar refractivity (Wildman–Crippen MR) is 115 cm³/mol. The molecule has 1 aromatic heterocycles. The average molecular weight is 423 g/mol. The summed E-state index contributed by atoms with van der Waals surface area (Å²) < 4.78 is 5.23. The second-order valence-electron chi connectivity index (χ2n) is 9.28. The quantitative estimate of drug-likeness (QED) is 0.800. The molecule has 1 aromatic rings. The normalized spacial score (nSPS) is 19.9. The number of likely N-dealkylation sites (tertiary alicyclic amines) is 2. The summed E-state index contributed by atoms with van der Waals surface area (Å²) in [7, 11) is 0. The molecule has 0 bridgehead atoms. The molecule has 0 aliphatic carbocycles. The third kappa shape index (κ3) is 6.67. The van der Waals surface area contributed by atoms with E-state index in [0.29, 0.717) is 16.9 Å². The van der Waals surface area contributed by atoms with Gasteiger partial charge in [-0.1, -0.05) is 6.92 Å². The summed E-state index contributed by atoms with van der Waals surface area (Å²) in [6, 6.07) is 0.621. The first-order valence-corrected chi connectivity index (χ1v) is 11.5. The van der Waals surface area contributed by atoms with Crippen molar-refractivity contribution in [2.24, 2.45) is 5.92 Å². The summed E-state index contributed by atoms with van der Waals surface area (Å²) in [6.07, 6.45) is 4.45. The first-order valence-electron chi connectivity index (χ1n) is 10.7. The van der Waals surface area contributed by atoms with Gasteiger partial charge < -0.3 is 14.5 Å². The Hall–Kier alpha value is -1.67. The van der Waals surface area contributed by atoms with Crippen LogP contribution in [0.2, 0.25) is 0 Å². The van der Waals surface area contributed by atoms with E-state index in [1.54, 1.807) is 0 Å². The first-order chi connectivity index (χ1) is 13.7. The van der Waals surface area contributed by atoms with Crippen molar-refractivity contribution in [3.8, 4) is 0 Å². The molecular weight excluding hydrogens is 388 g/mol. The van der Waals surface area contributed by atoms with Crippen LogP contribution in [0.1, 0.15) is 59.1 Å². The third-order valence-corrected chi connectivity index (χ3v) is 6.45. The van der Waals surface area contributed by atoms with Crippen molar-refractivity contribution in [2.75, 3.05) is 31.5 Å². The van der Waals surface area contributed by atoms with Gasteiger partial charge in [0, 0.05) is 24.5 Å². The molecule has 3 rings (SSSR count). The van der Waals surface area contributed by atoms with Crippen molar-refractivity contribution in [1.82, 2.24) is 14.8 Å². The van der Waals surface area contributed by atoms with Crippen LogP contribution in [0.3, 0.4) is 0 Å². The predicted octanol–water partition coefficient (Wildman–Crippen LogP) is 3.76. The van der Waals surface area contributed by atoms with Gasteiger partial charge in [0.2, 0.25) is 5.91 Å². The number of hydrogen-bond donors (Lipinski definition) is 1. The molecule has 2 aliphatic rings. The van der Waals surface area contributed by atoms with Gasteiger partial charge in [0.05, 0.1) is 12.1 Å². The van der Waals surface area contributed by atoms with Crippen LogP contribution in [-0.4, -0.2) is 64.6 Å². The smallest absolute Gasteiger partial charge is 0.413 e. The highest BCUT2D eigenvalue weighted by molar-refractivity contribution is 7.13. The number of amides is 2. The Morgan fingerprint density at radius 3 is 2.45 bits per heavy atom. The number of aromatic nitrogens is 1. The topological polar surface area (TPSA) is 74.8 Å². The van der Waals surface area contributed by atoms with Gasteiger partial charge in [0.1, 0.15) is 5.60 Å². The summed E-state index contributed by atoms with van der Waals surface area (Å²) in [5.74, 6) is 0.963. The largest absolute Gasteiger partial charge is 0.444 e. The Labute approximate surface area is 177 Å². The van der Waals surface area contributed by atoms with Crippen LogP contribution in [0.5, 0.6) is 0 Å². The Balaban J connectivity index is 1.43. The maximum Gasteiger partial charge on any atom is 0.413 e. The van der Waals surface area contributed by atoms with Gasteiger partial charge in [-0.3, -0.25) is 10.1 Å². The monoisotopic (exact) mass is 422 g/mol. The minimum absolute atomic E-state index is 0.116. The van der Waals surface area contributed by atoms with E-state index in [1.165, 1.54) is 37.3 Å². The van der Waals surface area contributed by atoms with E-state index >= 15 is 0 Å². The zero-order valence-electron chi connectivity index (χ0n) is 18.1. The summed E-state index contributed by atoms with van der Waals surface area (Å²) in [6.45, 7) is 11.8. The summed E-state index contributed by atoms with van der Waals surface area (Å²) in [5.41, 5.74) is 0.136. The molecule has 2 saturated heterocycles. The van der Waals surface area contributed by atoms with Crippen LogP contribution >= 0.6 is 11.3 Å². The lowest BCUT2D eigenvalue weighted by atomic mass is 9.95. The molecule has 7 nitrogen and oxygen atoms in total. The van der Waals surface area contributed by atoms with Crippen LogP contribution in [0.15, 0.2) is 5.38 Å². The molecule has 2 fully saturated rings. The molecular formula is C21H34N4O3S. The zero-order valence-corrected chi connectivity index (χ0v) is 18.9. The minimum Gasteiger partial charge on any atom is -0.444 e. The highest BCUT2D eigenvalue weighted by Gasteiger charge is 2.29. The molecule has 0 spiro atoms. The van der Waals surface area contributed by atoms with Gasteiger partial charge in [-0.05, 0) is 65.5 Å². The number of carbonyl (C=O) groups excluding carboxylic acids is 2. The van der Waals surface area contributed by atoms with E-state index in [2.05, 4.69) is 22.1 Å². The molecule has 0 atom stereocenters. The summed E-state index contributed by atoms with van der Waals surface area (Å²) in [4.78, 5) is 33.5. The molecule has 8 heteroatoms. The van der Waals surface area contributed by atoms with Gasteiger partial charge in [0.25, 0.3) is 0 Å². The van der Waals surface area contributed by atoms with Gasteiger partial charge in [-0.25, -0.2) is 9.78 Å². The van der Waals surface area contributed by atoms with Crippen LogP contribution in [0, 0.1) is 5.92 Å². The van der Waals surface area contributed by atoms with Crippen LogP contribution in [0.4, 0.5) is 9.93 Å². The first kappa shape index (κ1) is 22.0. The average Bonchev–Trinajstić information content (AvgIpc) is 3.07. The summed E-state index contributed by atoms with van der Waals surface area (Å²) in [5, 5.41) is 4.92. The molecule has 162 valence electrons. The van der Waals surface area contributed by atoms with Gasteiger partial charge in [-0.15, -0.1) is 11.3 Å². The molecule has 2 amide bonds. The Bertz CT molecular complexity index is 699. The standard InChI is InChI=1S/C21H34N4O3S/c1-15-5-9-24(10-6-15)17-7-11-25(12-8-17)18(26)13-16-14-29-19(22-16)23-20(27)28-21(2,3)4/h14-15,17H,5-13H2,1-4H3,(H,22,23,27). The van der Waals surface area contributed by atoms with E-state index in [-0.39, 0.29) is 12.3 Å². The van der Waals surface area contributed by atoms with Crippen LogP contribution in [0.25, 0.3) is 0 Å². The second-order valence-corrected chi connectivity index (χ2v) is 10.1. The number of rotatable bonds is 4. The van der Waals surface area contributed by atoms with E-state index in [1.807, 2.05) is 31.1 Å². The number of nitrogens with one attached hydrogen (secondary N) is 1. The van der Waals surface area contributed by atoms with E-state index < -0.39 is 11.7 Å². The van der Waals surface area contributed by atoms with Crippen LogP contribution in [-0.2, 0) is 16.0 Å². The van der Waals surface area contributed by atoms with Gasteiger partial charge >= 0.3 is 6.09 Å². The highest BCUT2D eigenvalue weighted by atomic mass is 32.1. The molecule has 29 heavy (non-hydrogen) atoms. The maximum atomic E-state index is 12.7. The molecule has 1 N–H and O–H groups in total. The van der Waals surface area contributed by atoms with Gasteiger partial charge in [-0.2, -0.15) is 0 Å². The Morgan fingerprint density at radius 2 is 1.83 bits per heavy atom. The third-order valence-electron chi connectivity index (χ3n) is 5.64. The fraction of sp³-hybridized carbons (Fsp3) is 0.762. The summed E-state index contributed by atoms with van der Waals surface area (Å²) >= 11 is 1.31. The van der Waals surface area contributed by atoms with E-state index in [4.69, 9.17) is 4.74 Å². The Morgan fingerprint density at radius 1 is 1.17 bits per heavy atom. The van der Waals surface area contributed by atoms with E-state index in [0.717, 1.165) is 31.8 Å². The highest BCUT2D eigenvalue weighted by Crippen LogP contribution is 2.24. The number of carbonyl (C=O) groups is 2. The maximum absolute atomic E-state index is 12.7. The van der Waals surface area contributed by atoms with Crippen LogP contribution < -0.4 is 5.32 Å². The van der Waals surface area contributed by atoms with Crippen molar-refractivity contribution in [2.45, 2.75) is 71.4 Å². The fourth-order valence-electron chi connectivity index (χ4n) is 3.98. The second kappa shape index (κ2) is 9.43. The molecule has 0 radical (unpaired) electrons. The van der Waals surface area contributed by atoms with Crippen molar-refractivity contribution >= 4 is 28.5 Å². The lowest BCUT2D eigenvalue weighted by molar-refractivity contribution is -0.132. The van der Waals surface area contributed by atoms with Crippen molar-refractivity contribution in [1.29, 1.82) is 0 Å². The van der Waals surface area contributed by atoms with Crippen molar-refractivity contribution in [3.05, 3.63) is 11.1 Å². The fourth-order valence-corrected chi connectivity index (χ4v) is 4.67. The molecule has 3 heterocycles. The number of hydrogen-bond acceptors (Lipinski definition) is 6. The zero-order chi connectivity index (χ0) is 21.0. The molecule has 0 aromatic carbocycles. The number of anilines is 1. The molecule has 0 saturated carbocycles.